The molecular weight excluding hydrogens is 244 g/mol. The molecule has 0 radical (unpaired) electrons. The van der Waals surface area contributed by atoms with Gasteiger partial charge in [0.05, 0.1) is 16.4 Å². The monoisotopic (exact) mass is 258 g/mol. The minimum absolute atomic E-state index is 0.0944. The summed E-state index contributed by atoms with van der Waals surface area (Å²) >= 11 is 1.07. The number of carbonyl (C=O) groups is 1. The van der Waals surface area contributed by atoms with Crippen molar-refractivity contribution in [1.29, 1.82) is 0 Å². The Morgan fingerprint density at radius 2 is 2.29 bits per heavy atom. The maximum absolute atomic E-state index is 11.2. The van der Waals surface area contributed by atoms with Gasteiger partial charge in [-0.1, -0.05) is 0 Å². The molecule has 1 unspecified atom stereocenters. The standard InChI is InChI=1S/C10H14N2O4S/c1-6(5-13)11(3)10-8(12(15)16)4-9(17-10)7(2)14/h4,6,13H,5H2,1-3H3. The zero-order valence-electron chi connectivity index (χ0n) is 9.84. The first kappa shape index (κ1) is 13.6. The zero-order valence-corrected chi connectivity index (χ0v) is 10.7. The van der Waals surface area contributed by atoms with Crippen LogP contribution >= 0.6 is 11.3 Å². The number of carbonyl (C=O) groups excluding carboxylic acids is 1. The minimum Gasteiger partial charge on any atom is -0.394 e. The molecule has 0 amide bonds. The number of aliphatic hydroxyl groups is 1. The van der Waals surface area contributed by atoms with Gasteiger partial charge in [0.2, 0.25) is 0 Å². The second-order valence-electron chi connectivity index (χ2n) is 3.76. The number of aliphatic hydroxyl groups excluding tert-OH is 1. The van der Waals surface area contributed by atoms with E-state index in [1.54, 1.807) is 18.9 Å². The maximum atomic E-state index is 11.2. The summed E-state index contributed by atoms with van der Waals surface area (Å²) in [6, 6.07) is 1.04. The number of rotatable bonds is 5. The summed E-state index contributed by atoms with van der Waals surface area (Å²) in [5.74, 6) is -0.200. The Morgan fingerprint density at radius 1 is 1.71 bits per heavy atom. The van der Waals surface area contributed by atoms with E-state index in [0.29, 0.717) is 9.88 Å². The highest BCUT2D eigenvalue weighted by Crippen LogP contribution is 2.37. The number of anilines is 1. The van der Waals surface area contributed by atoms with Crippen molar-refractivity contribution in [3.05, 3.63) is 21.1 Å². The van der Waals surface area contributed by atoms with Gasteiger partial charge in [0.1, 0.15) is 0 Å². The summed E-state index contributed by atoms with van der Waals surface area (Å²) in [4.78, 5) is 23.5. The lowest BCUT2D eigenvalue weighted by atomic mass is 10.3. The molecular formula is C10H14N2O4S. The van der Waals surface area contributed by atoms with Crippen LogP contribution in [0.25, 0.3) is 0 Å². The number of thiophene rings is 1. The predicted molar refractivity (Wildman–Crippen MR) is 65.9 cm³/mol. The molecule has 94 valence electrons. The Kier molecular flexibility index (Phi) is 4.19. The van der Waals surface area contributed by atoms with Crippen LogP contribution in [0.3, 0.4) is 0 Å². The highest BCUT2D eigenvalue weighted by molar-refractivity contribution is 7.18. The van der Waals surface area contributed by atoms with E-state index in [-0.39, 0.29) is 24.1 Å². The smallest absolute Gasteiger partial charge is 0.304 e. The Hall–Kier alpha value is -1.47. The van der Waals surface area contributed by atoms with Crippen molar-refractivity contribution < 1.29 is 14.8 Å². The van der Waals surface area contributed by atoms with Gasteiger partial charge in [0.25, 0.3) is 0 Å². The third-order valence-corrected chi connectivity index (χ3v) is 3.80. The maximum Gasteiger partial charge on any atom is 0.304 e. The lowest BCUT2D eigenvalue weighted by Gasteiger charge is -2.22. The number of hydrogen-bond donors (Lipinski definition) is 1. The number of nitrogens with zero attached hydrogens (tertiary/aromatic N) is 2. The van der Waals surface area contributed by atoms with Gasteiger partial charge in [0.15, 0.2) is 10.8 Å². The fraction of sp³-hybridized carbons (Fsp3) is 0.500. The molecule has 0 aromatic carbocycles. The van der Waals surface area contributed by atoms with Crippen LogP contribution in [-0.4, -0.2) is 35.5 Å². The Bertz CT molecular complexity index is 444. The van der Waals surface area contributed by atoms with E-state index in [9.17, 15) is 14.9 Å². The summed E-state index contributed by atoms with van der Waals surface area (Å²) in [6.07, 6.45) is 0. The molecule has 17 heavy (non-hydrogen) atoms. The van der Waals surface area contributed by atoms with Crippen molar-refractivity contribution in [1.82, 2.24) is 0 Å². The molecule has 1 rings (SSSR count). The largest absolute Gasteiger partial charge is 0.394 e. The van der Waals surface area contributed by atoms with Crippen LogP contribution in [-0.2, 0) is 0 Å². The SMILES string of the molecule is CC(=O)c1cc([N+](=O)[O-])c(N(C)C(C)CO)s1. The fourth-order valence-electron chi connectivity index (χ4n) is 1.25. The third kappa shape index (κ3) is 2.80. The number of Topliss-reactive ketones (excluding diaryl/α,β-unsaturated/α-hetero) is 1. The second kappa shape index (κ2) is 5.24. The van der Waals surface area contributed by atoms with Crippen molar-refractivity contribution in [2.24, 2.45) is 0 Å². The lowest BCUT2D eigenvalue weighted by Crippen LogP contribution is -2.31. The van der Waals surface area contributed by atoms with Crippen LogP contribution in [0.5, 0.6) is 0 Å². The highest BCUT2D eigenvalue weighted by atomic mass is 32.1. The number of ketones is 1. The quantitative estimate of drug-likeness (QED) is 0.493. The van der Waals surface area contributed by atoms with E-state index in [2.05, 4.69) is 0 Å². The fourth-order valence-corrected chi connectivity index (χ4v) is 2.34. The molecule has 1 aromatic heterocycles. The zero-order chi connectivity index (χ0) is 13.2. The van der Waals surface area contributed by atoms with Crippen molar-refractivity contribution in [3.63, 3.8) is 0 Å². The van der Waals surface area contributed by atoms with Gasteiger partial charge in [0, 0.05) is 19.2 Å². The first-order valence-electron chi connectivity index (χ1n) is 5.01. The molecule has 7 heteroatoms. The molecule has 1 heterocycles. The van der Waals surface area contributed by atoms with Gasteiger partial charge in [-0.05, 0) is 13.8 Å². The normalized spacial score (nSPS) is 12.2. The first-order valence-corrected chi connectivity index (χ1v) is 5.83. The van der Waals surface area contributed by atoms with Gasteiger partial charge in [-0.15, -0.1) is 11.3 Å². The van der Waals surface area contributed by atoms with Crippen LogP contribution in [0.2, 0.25) is 0 Å². The molecule has 0 bridgehead atoms. The number of likely N-dealkylation sites (N-methyl/N-ethyl adjacent to an activating group) is 1. The highest BCUT2D eigenvalue weighted by Gasteiger charge is 2.25. The number of hydrogen-bond acceptors (Lipinski definition) is 6. The van der Waals surface area contributed by atoms with Crippen LogP contribution in [0.1, 0.15) is 23.5 Å². The second-order valence-corrected chi connectivity index (χ2v) is 4.79. The van der Waals surface area contributed by atoms with E-state index in [1.807, 2.05) is 0 Å². The van der Waals surface area contributed by atoms with Gasteiger partial charge in [-0.2, -0.15) is 0 Å². The van der Waals surface area contributed by atoms with E-state index < -0.39 is 4.92 Å². The van der Waals surface area contributed by atoms with Crippen LogP contribution in [0.15, 0.2) is 6.07 Å². The van der Waals surface area contributed by atoms with Crippen LogP contribution in [0, 0.1) is 10.1 Å². The summed E-state index contributed by atoms with van der Waals surface area (Å²) in [5.41, 5.74) is -0.0944. The van der Waals surface area contributed by atoms with Crippen LogP contribution in [0.4, 0.5) is 10.7 Å². The molecule has 0 aliphatic rings. The summed E-state index contributed by atoms with van der Waals surface area (Å²) in [6.45, 7) is 3.01. The van der Waals surface area contributed by atoms with Crippen LogP contribution < -0.4 is 4.90 Å². The molecule has 0 aliphatic heterocycles. The number of nitro groups is 1. The van der Waals surface area contributed by atoms with Gasteiger partial charge < -0.3 is 10.0 Å². The van der Waals surface area contributed by atoms with Gasteiger partial charge in [-0.25, -0.2) is 0 Å². The summed E-state index contributed by atoms with van der Waals surface area (Å²) < 4.78 is 0. The summed E-state index contributed by atoms with van der Waals surface area (Å²) in [5, 5.41) is 20.3. The predicted octanol–water partition coefficient (Wildman–Crippen LogP) is 1.68. The summed E-state index contributed by atoms with van der Waals surface area (Å²) in [7, 11) is 1.66. The average Bonchev–Trinajstić information content (AvgIpc) is 2.71. The van der Waals surface area contributed by atoms with Crippen molar-refractivity contribution in [3.8, 4) is 0 Å². The molecule has 1 N–H and O–H groups in total. The van der Waals surface area contributed by atoms with E-state index >= 15 is 0 Å². The van der Waals surface area contributed by atoms with Gasteiger partial charge in [-0.3, -0.25) is 14.9 Å². The van der Waals surface area contributed by atoms with Crippen molar-refractivity contribution >= 4 is 27.8 Å². The van der Waals surface area contributed by atoms with Crippen molar-refractivity contribution in [2.75, 3.05) is 18.6 Å². The van der Waals surface area contributed by atoms with Gasteiger partial charge >= 0.3 is 5.69 Å². The third-order valence-electron chi connectivity index (χ3n) is 2.48. The Labute approximate surface area is 103 Å². The minimum atomic E-state index is -0.515. The van der Waals surface area contributed by atoms with Crippen molar-refractivity contribution in [2.45, 2.75) is 19.9 Å². The Morgan fingerprint density at radius 3 is 2.71 bits per heavy atom. The van der Waals surface area contributed by atoms with E-state index in [1.165, 1.54) is 13.0 Å². The first-order chi connectivity index (χ1) is 7.88. The molecule has 0 fully saturated rings. The Balaban J connectivity index is 3.21. The molecule has 0 saturated heterocycles. The molecule has 0 saturated carbocycles. The molecule has 0 aliphatic carbocycles. The molecule has 1 atom stereocenters. The van der Waals surface area contributed by atoms with E-state index in [0.717, 1.165) is 11.3 Å². The molecule has 6 nitrogen and oxygen atoms in total. The molecule has 1 aromatic rings. The topological polar surface area (TPSA) is 83.7 Å². The molecule has 0 spiro atoms. The van der Waals surface area contributed by atoms with E-state index in [4.69, 9.17) is 5.11 Å². The lowest BCUT2D eigenvalue weighted by molar-refractivity contribution is -0.383. The average molecular weight is 258 g/mol.